The van der Waals surface area contributed by atoms with Crippen LogP contribution in [0.3, 0.4) is 0 Å². The number of halogens is 5. The van der Waals surface area contributed by atoms with Gasteiger partial charge in [-0.3, -0.25) is 15.1 Å². The third-order valence-corrected chi connectivity index (χ3v) is 7.20. The van der Waals surface area contributed by atoms with Crippen molar-refractivity contribution in [2.24, 2.45) is 0 Å². The van der Waals surface area contributed by atoms with Crippen LogP contribution in [0.2, 0.25) is 0 Å². The van der Waals surface area contributed by atoms with Crippen LogP contribution in [0, 0.1) is 5.82 Å². The summed E-state index contributed by atoms with van der Waals surface area (Å²) >= 11 is 0. The molecule has 38 heavy (non-hydrogen) atoms. The first kappa shape index (κ1) is 30.3. The van der Waals surface area contributed by atoms with Gasteiger partial charge in [0, 0.05) is 12.6 Å². The van der Waals surface area contributed by atoms with E-state index in [1.54, 1.807) is 0 Å². The summed E-state index contributed by atoms with van der Waals surface area (Å²) in [5, 5.41) is 12.0. The van der Waals surface area contributed by atoms with Gasteiger partial charge in [0.2, 0.25) is 5.91 Å². The number of ether oxygens (including phenoxy) is 1. The summed E-state index contributed by atoms with van der Waals surface area (Å²) in [7, 11) is 0. The average molecular weight is 560 g/mol. The van der Waals surface area contributed by atoms with Gasteiger partial charge in [-0.1, -0.05) is 30.3 Å². The number of amides is 1. The molecule has 0 bridgehead atoms. The van der Waals surface area contributed by atoms with Gasteiger partial charge in [-0.25, -0.2) is 9.40 Å². The normalized spacial score (nSPS) is 23.6. The van der Waals surface area contributed by atoms with Gasteiger partial charge in [0.1, 0.15) is 11.9 Å². The lowest BCUT2D eigenvalue weighted by Gasteiger charge is -2.47. The molecule has 2 N–H and O–H groups in total. The molecule has 0 spiro atoms. The van der Waals surface area contributed by atoms with Gasteiger partial charge >= 0.3 is 6.18 Å². The van der Waals surface area contributed by atoms with E-state index in [1.165, 1.54) is 0 Å². The summed E-state index contributed by atoms with van der Waals surface area (Å²) in [4.78, 5) is 14.7. The second-order valence-electron chi connectivity index (χ2n) is 9.94. The highest BCUT2D eigenvalue weighted by Gasteiger charge is 2.43. The van der Waals surface area contributed by atoms with Crippen LogP contribution in [0.1, 0.15) is 55.4 Å². The lowest BCUT2D eigenvalue weighted by molar-refractivity contribution is -0.163. The van der Waals surface area contributed by atoms with E-state index < -0.39 is 35.9 Å². The van der Waals surface area contributed by atoms with E-state index in [1.807, 2.05) is 42.3 Å². The van der Waals surface area contributed by atoms with Crippen molar-refractivity contribution in [2.45, 2.75) is 56.5 Å². The Morgan fingerprint density at radius 3 is 2.45 bits per heavy atom. The van der Waals surface area contributed by atoms with Crippen molar-refractivity contribution < 1.29 is 32.2 Å². The SMILES string of the molecule is CC1CC(OC(CO)c2cc(F)cc(C(F)(F)F)c2)(c2ccccc2)CCN1NC(=O)CN1CCCC1.Cl. The highest BCUT2D eigenvalue weighted by atomic mass is 35.5. The Morgan fingerprint density at radius 2 is 1.84 bits per heavy atom. The highest BCUT2D eigenvalue weighted by Crippen LogP contribution is 2.43. The molecule has 0 aromatic heterocycles. The molecular weight excluding hydrogens is 526 g/mol. The third kappa shape index (κ3) is 7.24. The summed E-state index contributed by atoms with van der Waals surface area (Å²) in [5.74, 6) is -1.14. The van der Waals surface area contributed by atoms with Crippen LogP contribution in [-0.2, 0) is 21.3 Å². The summed E-state index contributed by atoms with van der Waals surface area (Å²) in [5.41, 5.74) is 1.61. The minimum absolute atomic E-state index is 0. The van der Waals surface area contributed by atoms with Crippen molar-refractivity contribution in [3.8, 4) is 0 Å². The van der Waals surface area contributed by atoms with Crippen molar-refractivity contribution in [3.05, 3.63) is 71.0 Å². The molecule has 2 saturated heterocycles. The molecular formula is C27H34ClF4N3O3. The zero-order chi connectivity index (χ0) is 26.6. The minimum Gasteiger partial charge on any atom is -0.393 e. The topological polar surface area (TPSA) is 65.0 Å². The molecule has 3 unspecified atom stereocenters. The zero-order valence-electron chi connectivity index (χ0n) is 21.2. The number of hydrazine groups is 1. The van der Waals surface area contributed by atoms with Crippen molar-refractivity contribution >= 4 is 18.3 Å². The van der Waals surface area contributed by atoms with Gasteiger partial charge in [-0.2, -0.15) is 13.2 Å². The van der Waals surface area contributed by atoms with E-state index in [-0.39, 0.29) is 29.9 Å². The van der Waals surface area contributed by atoms with E-state index in [0.29, 0.717) is 32.0 Å². The second-order valence-corrected chi connectivity index (χ2v) is 9.94. The first-order chi connectivity index (χ1) is 17.6. The van der Waals surface area contributed by atoms with Gasteiger partial charge < -0.3 is 9.84 Å². The first-order valence-corrected chi connectivity index (χ1v) is 12.6. The van der Waals surface area contributed by atoms with E-state index in [9.17, 15) is 27.5 Å². The maximum absolute atomic E-state index is 14.1. The number of nitrogens with zero attached hydrogens (tertiary/aromatic N) is 2. The van der Waals surface area contributed by atoms with Gasteiger partial charge in [-0.05, 0) is 75.0 Å². The molecule has 2 heterocycles. The summed E-state index contributed by atoms with van der Waals surface area (Å²) in [6.07, 6.45) is -2.93. The number of hydrogen-bond acceptors (Lipinski definition) is 5. The number of carbonyl (C=O) groups excluding carboxylic acids is 1. The van der Waals surface area contributed by atoms with Gasteiger partial charge in [0.05, 0.1) is 24.3 Å². The van der Waals surface area contributed by atoms with Crippen molar-refractivity contribution in [2.75, 3.05) is 32.8 Å². The molecule has 0 radical (unpaired) electrons. The predicted molar refractivity (Wildman–Crippen MR) is 137 cm³/mol. The first-order valence-electron chi connectivity index (χ1n) is 12.6. The van der Waals surface area contributed by atoms with Crippen LogP contribution in [0.15, 0.2) is 48.5 Å². The molecule has 6 nitrogen and oxygen atoms in total. The van der Waals surface area contributed by atoms with Crippen molar-refractivity contribution in [1.82, 2.24) is 15.3 Å². The van der Waals surface area contributed by atoms with Crippen LogP contribution in [0.4, 0.5) is 17.6 Å². The number of carbonyl (C=O) groups is 1. The Bertz CT molecular complexity index is 1070. The fourth-order valence-corrected chi connectivity index (χ4v) is 5.34. The Morgan fingerprint density at radius 1 is 1.16 bits per heavy atom. The van der Waals surface area contributed by atoms with Crippen molar-refractivity contribution in [3.63, 3.8) is 0 Å². The Hall–Kier alpha value is -2.24. The number of nitrogens with one attached hydrogen (secondary N) is 1. The quantitative estimate of drug-likeness (QED) is 0.454. The van der Waals surface area contributed by atoms with Crippen molar-refractivity contribution in [1.29, 1.82) is 0 Å². The average Bonchev–Trinajstić information content (AvgIpc) is 3.37. The van der Waals surface area contributed by atoms with E-state index in [2.05, 4.69) is 10.3 Å². The highest BCUT2D eigenvalue weighted by molar-refractivity contribution is 5.85. The Labute approximate surface area is 226 Å². The number of aliphatic hydroxyl groups excluding tert-OH is 1. The molecule has 210 valence electrons. The lowest BCUT2D eigenvalue weighted by atomic mass is 9.81. The largest absolute Gasteiger partial charge is 0.416 e. The lowest BCUT2D eigenvalue weighted by Crippen LogP contribution is -2.57. The molecule has 2 aliphatic heterocycles. The van der Waals surface area contributed by atoms with E-state index in [4.69, 9.17) is 4.74 Å². The monoisotopic (exact) mass is 559 g/mol. The van der Waals surface area contributed by atoms with Crippen LogP contribution in [-0.4, -0.2) is 59.8 Å². The van der Waals surface area contributed by atoms with Crippen LogP contribution < -0.4 is 5.43 Å². The second kappa shape index (κ2) is 12.7. The maximum atomic E-state index is 14.1. The van der Waals surface area contributed by atoms with Gasteiger partial charge in [-0.15, -0.1) is 12.4 Å². The fourth-order valence-electron chi connectivity index (χ4n) is 5.34. The molecule has 11 heteroatoms. The Balaban J connectivity index is 0.00000400. The molecule has 1 amide bonds. The number of benzene rings is 2. The van der Waals surface area contributed by atoms with E-state index >= 15 is 0 Å². The van der Waals surface area contributed by atoms with E-state index in [0.717, 1.165) is 43.6 Å². The number of alkyl halides is 3. The molecule has 0 saturated carbocycles. The zero-order valence-corrected chi connectivity index (χ0v) is 22.0. The smallest absolute Gasteiger partial charge is 0.393 e. The molecule has 2 aliphatic rings. The predicted octanol–water partition coefficient (Wildman–Crippen LogP) is 4.82. The maximum Gasteiger partial charge on any atom is 0.416 e. The van der Waals surface area contributed by atoms with Gasteiger partial charge in [0.25, 0.3) is 0 Å². The minimum atomic E-state index is -4.74. The number of piperidine rings is 1. The molecule has 2 fully saturated rings. The summed E-state index contributed by atoms with van der Waals surface area (Å²) < 4.78 is 60.6. The molecule has 0 aliphatic carbocycles. The molecule has 3 atom stereocenters. The van der Waals surface area contributed by atoms with Crippen LogP contribution in [0.5, 0.6) is 0 Å². The Kier molecular flexibility index (Phi) is 10.2. The molecule has 2 aromatic carbocycles. The number of hydrogen-bond donors (Lipinski definition) is 2. The number of likely N-dealkylation sites (tertiary alicyclic amines) is 1. The number of rotatable bonds is 8. The fraction of sp³-hybridized carbons (Fsp3) is 0.519. The third-order valence-electron chi connectivity index (χ3n) is 7.20. The molecule has 4 rings (SSSR count). The standard InChI is InChI=1S/C27H33F4N3O3.ClH/c1-19-16-26(21-7-3-2-4-8-21,9-12-34(19)32-25(36)17-33-10-5-6-11-33)37-24(18-35)20-13-22(27(29,30)31)15-23(28)14-20;/h2-4,7-8,13-15,19,24,35H,5-6,9-12,16-18H2,1H3,(H,32,36);1H. The summed E-state index contributed by atoms with van der Waals surface area (Å²) in [6.45, 7) is 3.89. The van der Waals surface area contributed by atoms with Gasteiger partial charge in [0.15, 0.2) is 0 Å². The number of aliphatic hydroxyl groups is 1. The van der Waals surface area contributed by atoms with Crippen LogP contribution in [0.25, 0.3) is 0 Å². The molecule has 2 aromatic rings. The van der Waals surface area contributed by atoms with Crippen LogP contribution >= 0.6 is 12.4 Å². The summed E-state index contributed by atoms with van der Waals surface area (Å²) in [6, 6.07) is 11.3.